The van der Waals surface area contributed by atoms with Gasteiger partial charge in [0.1, 0.15) is 17.1 Å². The number of hydrogen-bond acceptors (Lipinski definition) is 8. The second-order valence-electron chi connectivity index (χ2n) is 8.74. The number of carbonyl (C=O) groups excluding carboxylic acids is 1. The van der Waals surface area contributed by atoms with Gasteiger partial charge in [0.15, 0.2) is 0 Å². The molecular formula is C24H25F3N6O4S. The van der Waals surface area contributed by atoms with Gasteiger partial charge in [-0.2, -0.15) is 22.5 Å². The van der Waals surface area contributed by atoms with Crippen LogP contribution in [0.15, 0.2) is 48.7 Å². The average molecular weight is 551 g/mol. The molecule has 10 nitrogen and oxygen atoms in total. The number of amides is 1. The van der Waals surface area contributed by atoms with E-state index in [1.54, 1.807) is 24.3 Å². The Hall–Kier alpha value is -3.91. The standard InChI is InChI=1S/C24H25F3N6O4S/c1-33(38(3,35)36)20-15-7-5-4-6-13(15)10-18(20)30-22-16(24(25,26)27)12-29-23(32-22)31-17-11-14(21(28)34)8-9-19(17)37-2/h4-9,11-12,18,20H,10H2,1-3H3,(H2,28,34)(H2,29,30,31,32)/t18-,20+/m1/s1. The van der Waals surface area contributed by atoms with Crippen LogP contribution in [-0.2, 0) is 22.6 Å². The molecule has 0 saturated carbocycles. The lowest BCUT2D eigenvalue weighted by Crippen LogP contribution is -2.39. The van der Waals surface area contributed by atoms with Gasteiger partial charge in [-0.05, 0) is 35.7 Å². The lowest BCUT2D eigenvalue weighted by atomic mass is 10.1. The molecule has 0 unspecified atom stereocenters. The van der Waals surface area contributed by atoms with Crippen molar-refractivity contribution in [2.24, 2.45) is 5.73 Å². The first-order valence-corrected chi connectivity index (χ1v) is 13.1. The molecule has 0 spiro atoms. The van der Waals surface area contributed by atoms with Gasteiger partial charge in [-0.1, -0.05) is 24.3 Å². The summed E-state index contributed by atoms with van der Waals surface area (Å²) in [7, 11) is -0.928. The van der Waals surface area contributed by atoms with E-state index in [1.165, 1.54) is 32.4 Å². The van der Waals surface area contributed by atoms with E-state index in [0.29, 0.717) is 11.8 Å². The number of halogens is 3. The van der Waals surface area contributed by atoms with E-state index >= 15 is 0 Å². The van der Waals surface area contributed by atoms with Crippen molar-refractivity contribution in [3.8, 4) is 5.75 Å². The maximum Gasteiger partial charge on any atom is 0.421 e. The summed E-state index contributed by atoms with van der Waals surface area (Å²) in [5, 5.41) is 5.60. The number of methoxy groups -OCH3 is 1. The molecule has 4 rings (SSSR count). The Morgan fingerprint density at radius 2 is 1.92 bits per heavy atom. The van der Waals surface area contributed by atoms with Crippen LogP contribution in [0.2, 0.25) is 0 Å². The van der Waals surface area contributed by atoms with E-state index in [0.717, 1.165) is 16.1 Å². The van der Waals surface area contributed by atoms with Gasteiger partial charge in [-0.3, -0.25) is 4.79 Å². The highest BCUT2D eigenvalue weighted by Crippen LogP contribution is 2.40. The Morgan fingerprint density at radius 3 is 2.55 bits per heavy atom. The minimum Gasteiger partial charge on any atom is -0.495 e. The van der Waals surface area contributed by atoms with E-state index in [9.17, 15) is 26.4 Å². The van der Waals surface area contributed by atoms with E-state index < -0.39 is 45.6 Å². The summed E-state index contributed by atoms with van der Waals surface area (Å²) >= 11 is 0. The maximum absolute atomic E-state index is 13.9. The zero-order chi connectivity index (χ0) is 27.8. The summed E-state index contributed by atoms with van der Waals surface area (Å²) < 4.78 is 72.9. The molecule has 3 aromatic rings. The normalized spacial score (nSPS) is 17.2. The molecule has 1 aliphatic rings. The third-order valence-corrected chi connectivity index (χ3v) is 7.53. The summed E-state index contributed by atoms with van der Waals surface area (Å²) in [6, 6.07) is 9.79. The minimum atomic E-state index is -4.80. The number of alkyl halides is 3. The number of ether oxygens (including phenoxy) is 1. The Kier molecular flexibility index (Phi) is 7.21. The van der Waals surface area contributed by atoms with Crippen LogP contribution in [0.25, 0.3) is 0 Å². The van der Waals surface area contributed by atoms with Crippen LogP contribution >= 0.6 is 0 Å². The van der Waals surface area contributed by atoms with Crippen molar-refractivity contribution in [1.82, 2.24) is 14.3 Å². The molecular weight excluding hydrogens is 525 g/mol. The number of primary amides is 1. The lowest BCUT2D eigenvalue weighted by molar-refractivity contribution is -0.137. The number of sulfonamides is 1. The summed E-state index contributed by atoms with van der Waals surface area (Å²) in [6.07, 6.45) is -2.88. The van der Waals surface area contributed by atoms with Crippen molar-refractivity contribution >= 4 is 33.4 Å². The maximum atomic E-state index is 13.9. The Balaban J connectivity index is 1.74. The highest BCUT2D eigenvalue weighted by Gasteiger charge is 2.41. The van der Waals surface area contributed by atoms with Gasteiger partial charge in [0.25, 0.3) is 0 Å². The molecule has 4 N–H and O–H groups in total. The van der Waals surface area contributed by atoms with Crippen molar-refractivity contribution < 1.29 is 31.1 Å². The zero-order valence-electron chi connectivity index (χ0n) is 20.6. The van der Waals surface area contributed by atoms with Gasteiger partial charge in [-0.25, -0.2) is 13.4 Å². The fourth-order valence-corrected chi connectivity index (χ4v) is 5.05. The number of rotatable bonds is 8. The van der Waals surface area contributed by atoms with Gasteiger partial charge in [0, 0.05) is 18.8 Å². The van der Waals surface area contributed by atoms with E-state index in [1.807, 2.05) is 0 Å². The topological polar surface area (TPSA) is 140 Å². The van der Waals surface area contributed by atoms with E-state index in [-0.39, 0.29) is 29.4 Å². The molecule has 1 aromatic heterocycles. The molecule has 202 valence electrons. The molecule has 1 aliphatic carbocycles. The molecule has 2 atom stereocenters. The molecule has 0 saturated heterocycles. The van der Waals surface area contributed by atoms with E-state index in [2.05, 4.69) is 20.6 Å². The molecule has 0 fully saturated rings. The molecule has 14 heteroatoms. The van der Waals surface area contributed by atoms with Gasteiger partial charge in [0.2, 0.25) is 21.9 Å². The van der Waals surface area contributed by atoms with Gasteiger partial charge in [-0.15, -0.1) is 0 Å². The summed E-state index contributed by atoms with van der Waals surface area (Å²) in [5.41, 5.74) is 6.04. The number of hydrogen-bond donors (Lipinski definition) is 3. The molecule has 0 aliphatic heterocycles. The first kappa shape index (κ1) is 27.1. The second kappa shape index (κ2) is 10.1. The van der Waals surface area contributed by atoms with Crippen LogP contribution in [0.4, 0.5) is 30.6 Å². The fraction of sp³-hybridized carbons (Fsp3) is 0.292. The number of carbonyl (C=O) groups is 1. The summed E-state index contributed by atoms with van der Waals surface area (Å²) in [6.45, 7) is 0. The number of benzene rings is 2. The Labute approximate surface area is 217 Å². The first-order valence-electron chi connectivity index (χ1n) is 11.3. The number of aromatic nitrogens is 2. The van der Waals surface area contributed by atoms with Crippen LogP contribution in [0, 0.1) is 0 Å². The molecule has 0 radical (unpaired) electrons. The molecule has 38 heavy (non-hydrogen) atoms. The third kappa shape index (κ3) is 5.50. The molecule has 2 aromatic carbocycles. The largest absolute Gasteiger partial charge is 0.495 e. The minimum absolute atomic E-state index is 0.133. The quantitative estimate of drug-likeness (QED) is 0.388. The highest BCUT2D eigenvalue weighted by molar-refractivity contribution is 7.88. The van der Waals surface area contributed by atoms with Gasteiger partial charge < -0.3 is 21.1 Å². The third-order valence-electron chi connectivity index (χ3n) is 6.26. The van der Waals surface area contributed by atoms with Crippen LogP contribution in [0.1, 0.15) is 33.1 Å². The number of nitrogens with two attached hydrogens (primary N) is 1. The SMILES string of the molecule is COc1ccc(C(N)=O)cc1Nc1ncc(C(F)(F)F)c(N[C@@H]2Cc3ccccc3[C@@H]2N(C)S(C)(=O)=O)n1. The summed E-state index contributed by atoms with van der Waals surface area (Å²) in [5.74, 6) is -1.20. The van der Waals surface area contributed by atoms with Gasteiger partial charge >= 0.3 is 6.18 Å². The molecule has 1 heterocycles. The molecule has 0 bridgehead atoms. The fourth-order valence-electron chi connectivity index (χ4n) is 4.37. The van der Waals surface area contributed by atoms with Crippen molar-refractivity contribution in [2.45, 2.75) is 24.7 Å². The van der Waals surface area contributed by atoms with Crippen molar-refractivity contribution in [3.05, 3.63) is 70.9 Å². The smallest absolute Gasteiger partial charge is 0.421 e. The first-order chi connectivity index (χ1) is 17.8. The Morgan fingerprint density at radius 1 is 1.21 bits per heavy atom. The second-order valence-corrected chi connectivity index (χ2v) is 10.8. The number of fused-ring (bicyclic) bond motifs is 1. The molecule has 1 amide bonds. The number of anilines is 3. The number of nitrogens with zero attached hydrogens (tertiary/aromatic N) is 3. The zero-order valence-corrected chi connectivity index (χ0v) is 21.4. The van der Waals surface area contributed by atoms with Crippen LogP contribution in [0.3, 0.4) is 0 Å². The van der Waals surface area contributed by atoms with Crippen LogP contribution in [-0.4, -0.2) is 55.1 Å². The van der Waals surface area contributed by atoms with Crippen molar-refractivity contribution in [1.29, 1.82) is 0 Å². The van der Waals surface area contributed by atoms with E-state index in [4.69, 9.17) is 10.5 Å². The van der Waals surface area contributed by atoms with Crippen molar-refractivity contribution in [3.63, 3.8) is 0 Å². The number of likely N-dealkylation sites (N-methyl/N-ethyl adjacent to an activating group) is 1. The summed E-state index contributed by atoms with van der Waals surface area (Å²) in [4.78, 5) is 19.5. The lowest BCUT2D eigenvalue weighted by Gasteiger charge is -2.30. The predicted octanol–water partition coefficient (Wildman–Crippen LogP) is 3.32. The predicted molar refractivity (Wildman–Crippen MR) is 135 cm³/mol. The van der Waals surface area contributed by atoms with Gasteiger partial charge in [0.05, 0.1) is 31.1 Å². The van der Waals surface area contributed by atoms with Crippen LogP contribution in [0.5, 0.6) is 5.75 Å². The Bertz CT molecular complexity index is 1480. The monoisotopic (exact) mass is 550 g/mol. The van der Waals surface area contributed by atoms with Crippen molar-refractivity contribution in [2.75, 3.05) is 31.0 Å². The highest BCUT2D eigenvalue weighted by atomic mass is 32.2. The van der Waals surface area contributed by atoms with Crippen LogP contribution < -0.4 is 21.1 Å². The average Bonchev–Trinajstić information content (AvgIpc) is 3.19. The number of nitrogens with one attached hydrogen (secondary N) is 2.